The van der Waals surface area contributed by atoms with E-state index in [1.165, 1.54) is 21.7 Å². The number of ether oxygens (including phenoxy) is 2. The van der Waals surface area contributed by atoms with Gasteiger partial charge in [-0.1, -0.05) is 12.1 Å². The molecule has 1 aromatic heterocycles. The quantitative estimate of drug-likeness (QED) is 0.520. The third-order valence-corrected chi connectivity index (χ3v) is 8.21. The van der Waals surface area contributed by atoms with Crippen LogP contribution in [0.1, 0.15) is 22.2 Å². The van der Waals surface area contributed by atoms with E-state index in [0.29, 0.717) is 52.5 Å². The van der Waals surface area contributed by atoms with Crippen LogP contribution in [0.4, 0.5) is 10.1 Å². The summed E-state index contributed by atoms with van der Waals surface area (Å²) in [5.41, 5.74) is 1.04. The van der Waals surface area contributed by atoms with Crippen molar-refractivity contribution in [2.24, 2.45) is 0 Å². The number of benzene rings is 2. The average Bonchev–Trinajstić information content (AvgIpc) is 3.19. The van der Waals surface area contributed by atoms with Crippen LogP contribution < -0.4 is 5.32 Å². The number of halogens is 1. The van der Waals surface area contributed by atoms with Gasteiger partial charge in [-0.2, -0.15) is 4.31 Å². The molecule has 0 saturated carbocycles. The van der Waals surface area contributed by atoms with E-state index in [1.807, 2.05) is 0 Å². The van der Waals surface area contributed by atoms with Crippen molar-refractivity contribution < 1.29 is 27.1 Å². The molecule has 3 aromatic rings. The van der Waals surface area contributed by atoms with Crippen molar-refractivity contribution in [3.05, 3.63) is 58.7 Å². The Balaban J connectivity index is 1.62. The molecule has 1 saturated heterocycles. The van der Waals surface area contributed by atoms with E-state index < -0.39 is 21.8 Å². The number of anilines is 1. The zero-order valence-electron chi connectivity index (χ0n) is 17.5. The predicted octanol–water partition coefficient (Wildman–Crippen LogP) is 3.85. The van der Waals surface area contributed by atoms with Gasteiger partial charge in [0, 0.05) is 41.0 Å². The molecule has 0 bridgehead atoms. The van der Waals surface area contributed by atoms with Crippen molar-refractivity contribution in [1.82, 2.24) is 4.31 Å². The van der Waals surface area contributed by atoms with E-state index >= 15 is 0 Å². The van der Waals surface area contributed by atoms with Crippen LogP contribution in [0.15, 0.2) is 47.4 Å². The Hall–Kier alpha value is -2.53. The molecular formula is C22H23FN2O5S2. The molecule has 0 amide bonds. The number of esters is 1. The first-order chi connectivity index (χ1) is 15.4. The molecule has 0 radical (unpaired) electrons. The smallest absolute Gasteiger partial charge is 0.348 e. The molecule has 0 aliphatic carbocycles. The van der Waals surface area contributed by atoms with Gasteiger partial charge in [-0.05, 0) is 37.3 Å². The lowest BCUT2D eigenvalue weighted by Crippen LogP contribution is -2.40. The van der Waals surface area contributed by atoms with Gasteiger partial charge in [0.15, 0.2) is 0 Å². The van der Waals surface area contributed by atoms with Crippen molar-refractivity contribution in [3.63, 3.8) is 0 Å². The maximum absolute atomic E-state index is 14.6. The van der Waals surface area contributed by atoms with Gasteiger partial charge in [-0.15, -0.1) is 11.3 Å². The first-order valence-electron chi connectivity index (χ1n) is 10.2. The normalized spacial score (nSPS) is 15.1. The van der Waals surface area contributed by atoms with E-state index in [1.54, 1.807) is 43.3 Å². The van der Waals surface area contributed by atoms with Gasteiger partial charge < -0.3 is 14.8 Å². The second kappa shape index (κ2) is 9.53. The third-order valence-electron chi connectivity index (χ3n) is 5.14. The number of nitrogens with one attached hydrogen (secondary N) is 1. The highest BCUT2D eigenvalue weighted by atomic mass is 32.2. The van der Waals surface area contributed by atoms with Crippen LogP contribution in [-0.2, 0) is 26.0 Å². The molecular weight excluding hydrogens is 455 g/mol. The van der Waals surface area contributed by atoms with Crippen LogP contribution in [0.2, 0.25) is 0 Å². The van der Waals surface area contributed by atoms with Gasteiger partial charge in [0.1, 0.15) is 10.7 Å². The predicted molar refractivity (Wildman–Crippen MR) is 121 cm³/mol. The molecule has 1 N–H and O–H groups in total. The van der Waals surface area contributed by atoms with Gasteiger partial charge in [-0.3, -0.25) is 0 Å². The molecule has 1 aliphatic rings. The van der Waals surface area contributed by atoms with Gasteiger partial charge in [0.25, 0.3) is 0 Å². The summed E-state index contributed by atoms with van der Waals surface area (Å²) in [6.07, 6.45) is 0. The molecule has 1 fully saturated rings. The molecule has 7 nitrogen and oxygen atoms in total. The SMILES string of the molecule is CCOC(=O)c1sc2cccc(F)c2c1CNc1cccc(S(=O)(=O)N2CCOCC2)c1. The van der Waals surface area contributed by atoms with Crippen LogP contribution in [0.5, 0.6) is 0 Å². The number of rotatable bonds is 7. The van der Waals surface area contributed by atoms with E-state index in [-0.39, 0.29) is 18.0 Å². The monoisotopic (exact) mass is 478 g/mol. The number of sulfonamides is 1. The second-order valence-electron chi connectivity index (χ2n) is 7.14. The summed E-state index contributed by atoms with van der Waals surface area (Å²) in [5, 5.41) is 3.51. The summed E-state index contributed by atoms with van der Waals surface area (Å²) in [6, 6.07) is 11.2. The number of carbonyl (C=O) groups excluding carboxylic acids is 1. The number of morpholine rings is 1. The molecule has 4 rings (SSSR count). The molecule has 170 valence electrons. The summed E-state index contributed by atoms with van der Waals surface area (Å²) in [4.78, 5) is 13.0. The zero-order chi connectivity index (χ0) is 22.7. The number of hydrogen-bond acceptors (Lipinski definition) is 7. The van der Waals surface area contributed by atoms with Crippen LogP contribution in [-0.4, -0.2) is 51.6 Å². The molecule has 10 heteroatoms. The third kappa shape index (κ3) is 4.49. The Labute approximate surface area is 189 Å². The van der Waals surface area contributed by atoms with Gasteiger partial charge >= 0.3 is 5.97 Å². The lowest BCUT2D eigenvalue weighted by molar-refractivity contribution is 0.0531. The minimum Gasteiger partial charge on any atom is -0.462 e. The van der Waals surface area contributed by atoms with Crippen molar-refractivity contribution in [3.8, 4) is 0 Å². The van der Waals surface area contributed by atoms with Crippen LogP contribution in [0.25, 0.3) is 10.1 Å². The lowest BCUT2D eigenvalue weighted by Gasteiger charge is -2.26. The average molecular weight is 479 g/mol. The standard InChI is InChI=1S/C22H23FN2O5S2/c1-2-30-22(26)21-17(20-18(23)7-4-8-19(20)31-21)14-24-15-5-3-6-16(13-15)32(27,28)25-9-11-29-12-10-25/h3-8,13,24H,2,9-12,14H2,1H3. The van der Waals surface area contributed by atoms with Gasteiger partial charge in [-0.25, -0.2) is 17.6 Å². The minimum atomic E-state index is -3.65. The molecule has 32 heavy (non-hydrogen) atoms. The number of hydrogen-bond donors (Lipinski definition) is 1. The minimum absolute atomic E-state index is 0.135. The summed E-state index contributed by atoms with van der Waals surface area (Å²) in [6.45, 7) is 3.41. The highest BCUT2D eigenvalue weighted by Crippen LogP contribution is 2.34. The number of thiophene rings is 1. The molecule has 0 spiro atoms. The lowest BCUT2D eigenvalue weighted by atomic mass is 10.1. The summed E-state index contributed by atoms with van der Waals surface area (Å²) in [7, 11) is -3.65. The number of fused-ring (bicyclic) bond motifs is 1. The molecule has 2 aromatic carbocycles. The van der Waals surface area contributed by atoms with Crippen molar-refractivity contribution >= 4 is 43.1 Å². The molecule has 0 unspecified atom stereocenters. The summed E-state index contributed by atoms with van der Waals surface area (Å²) in [5.74, 6) is -0.928. The first kappa shape index (κ1) is 22.7. The van der Waals surface area contributed by atoms with Gasteiger partial charge in [0.05, 0.1) is 24.7 Å². The fraction of sp³-hybridized carbons (Fsp3) is 0.318. The highest BCUT2D eigenvalue weighted by molar-refractivity contribution is 7.89. The maximum Gasteiger partial charge on any atom is 0.348 e. The first-order valence-corrected chi connectivity index (χ1v) is 12.5. The van der Waals surface area contributed by atoms with Crippen LogP contribution in [0, 0.1) is 5.82 Å². The van der Waals surface area contributed by atoms with E-state index in [0.717, 1.165) is 0 Å². The molecule has 1 aliphatic heterocycles. The summed E-state index contributed by atoms with van der Waals surface area (Å²) < 4.78 is 52.9. The number of carbonyl (C=O) groups is 1. The fourth-order valence-corrected chi connectivity index (χ4v) is 6.17. The Bertz CT molecular complexity index is 1240. The Morgan fingerprint density at radius 2 is 1.97 bits per heavy atom. The number of nitrogens with zero attached hydrogens (tertiary/aromatic N) is 1. The van der Waals surface area contributed by atoms with Crippen molar-refractivity contribution in [2.45, 2.75) is 18.4 Å². The van der Waals surface area contributed by atoms with E-state index in [4.69, 9.17) is 9.47 Å². The topological polar surface area (TPSA) is 84.9 Å². The Morgan fingerprint density at radius 1 is 1.22 bits per heavy atom. The van der Waals surface area contributed by atoms with Gasteiger partial charge in [0.2, 0.25) is 10.0 Å². The Morgan fingerprint density at radius 3 is 2.72 bits per heavy atom. The van der Waals surface area contributed by atoms with Crippen molar-refractivity contribution in [1.29, 1.82) is 0 Å². The van der Waals surface area contributed by atoms with Crippen LogP contribution >= 0.6 is 11.3 Å². The fourth-order valence-electron chi connectivity index (χ4n) is 3.59. The van der Waals surface area contributed by atoms with Crippen LogP contribution in [0.3, 0.4) is 0 Å². The zero-order valence-corrected chi connectivity index (χ0v) is 19.1. The molecule has 2 heterocycles. The van der Waals surface area contributed by atoms with E-state index in [9.17, 15) is 17.6 Å². The molecule has 0 atom stereocenters. The maximum atomic E-state index is 14.6. The summed E-state index contributed by atoms with van der Waals surface area (Å²) >= 11 is 1.18. The van der Waals surface area contributed by atoms with Crippen molar-refractivity contribution in [2.75, 3.05) is 38.2 Å². The largest absolute Gasteiger partial charge is 0.462 e. The Kier molecular flexibility index (Phi) is 6.75. The van der Waals surface area contributed by atoms with E-state index in [2.05, 4.69) is 5.32 Å². The second-order valence-corrected chi connectivity index (χ2v) is 10.1. The highest BCUT2D eigenvalue weighted by Gasteiger charge is 2.26.